The van der Waals surface area contributed by atoms with E-state index in [9.17, 15) is 9.59 Å². The maximum absolute atomic E-state index is 11.4. The van der Waals surface area contributed by atoms with E-state index in [0.717, 1.165) is 31.6 Å². The molecule has 0 radical (unpaired) electrons. The third-order valence-electron chi connectivity index (χ3n) is 3.92. The smallest absolute Gasteiger partial charge is 0.314 e. The molecule has 0 bridgehead atoms. The number of aromatic amines is 2. The van der Waals surface area contributed by atoms with Gasteiger partial charge in [0.15, 0.2) is 0 Å². The number of hydrogen-bond acceptors (Lipinski definition) is 4. The number of anilines is 1. The van der Waals surface area contributed by atoms with Gasteiger partial charge in [0.25, 0.3) is 0 Å². The van der Waals surface area contributed by atoms with Crippen molar-refractivity contribution in [3.05, 3.63) is 38.9 Å². The number of fused-ring (bicyclic) bond motifs is 1. The van der Waals surface area contributed by atoms with Gasteiger partial charge in [-0.05, 0) is 37.5 Å². The van der Waals surface area contributed by atoms with Gasteiger partial charge in [0.05, 0.1) is 17.1 Å². The van der Waals surface area contributed by atoms with Crippen LogP contribution in [0.15, 0.2) is 27.8 Å². The summed E-state index contributed by atoms with van der Waals surface area (Å²) in [5.41, 5.74) is 0.939. The van der Waals surface area contributed by atoms with E-state index in [4.69, 9.17) is 4.74 Å². The van der Waals surface area contributed by atoms with Crippen LogP contribution in [0.4, 0.5) is 5.69 Å². The van der Waals surface area contributed by atoms with Crippen LogP contribution in [-0.2, 0) is 4.74 Å². The van der Waals surface area contributed by atoms with E-state index in [1.807, 2.05) is 12.1 Å². The summed E-state index contributed by atoms with van der Waals surface area (Å²) < 4.78 is 5.67. The SMILES string of the molecule is CCC1CC(Nc2ccc3[nH]c(=O)c(=O)[nH]c3c2)CCO1. The van der Waals surface area contributed by atoms with Gasteiger partial charge in [-0.2, -0.15) is 0 Å². The molecule has 2 aromatic rings. The normalized spacial score (nSPS) is 22.3. The van der Waals surface area contributed by atoms with Crippen molar-refractivity contribution in [1.29, 1.82) is 0 Å². The number of nitrogens with one attached hydrogen (secondary N) is 3. The molecule has 1 fully saturated rings. The Kier molecular flexibility index (Phi) is 3.79. The molecule has 3 N–H and O–H groups in total. The molecule has 6 nitrogen and oxygen atoms in total. The van der Waals surface area contributed by atoms with Gasteiger partial charge in [-0.25, -0.2) is 0 Å². The zero-order chi connectivity index (χ0) is 14.8. The molecule has 0 saturated carbocycles. The molecule has 1 saturated heterocycles. The average molecular weight is 289 g/mol. The summed E-state index contributed by atoms with van der Waals surface area (Å²) in [7, 11) is 0. The molecule has 1 aromatic carbocycles. The monoisotopic (exact) mass is 289 g/mol. The fourth-order valence-electron chi connectivity index (χ4n) is 2.74. The Morgan fingerprint density at radius 3 is 2.76 bits per heavy atom. The van der Waals surface area contributed by atoms with Gasteiger partial charge in [-0.1, -0.05) is 6.92 Å². The van der Waals surface area contributed by atoms with Crippen LogP contribution in [-0.4, -0.2) is 28.7 Å². The van der Waals surface area contributed by atoms with Crippen LogP contribution >= 0.6 is 0 Å². The number of H-pyrrole nitrogens is 2. The molecule has 6 heteroatoms. The van der Waals surface area contributed by atoms with E-state index in [-0.39, 0.29) is 0 Å². The van der Waals surface area contributed by atoms with Crippen LogP contribution in [0, 0.1) is 0 Å². The lowest BCUT2D eigenvalue weighted by Gasteiger charge is -2.30. The zero-order valence-electron chi connectivity index (χ0n) is 11.9. The lowest BCUT2D eigenvalue weighted by Crippen LogP contribution is -2.33. The molecule has 0 spiro atoms. The highest BCUT2D eigenvalue weighted by Gasteiger charge is 2.21. The van der Waals surface area contributed by atoms with Crippen molar-refractivity contribution < 1.29 is 4.74 Å². The van der Waals surface area contributed by atoms with Crippen molar-refractivity contribution in [2.75, 3.05) is 11.9 Å². The largest absolute Gasteiger partial charge is 0.382 e. The molecule has 112 valence electrons. The van der Waals surface area contributed by atoms with Crippen molar-refractivity contribution in [3.8, 4) is 0 Å². The van der Waals surface area contributed by atoms with Crippen molar-refractivity contribution >= 4 is 16.7 Å². The molecule has 1 aliphatic rings. The minimum absolute atomic E-state index is 0.313. The van der Waals surface area contributed by atoms with Gasteiger partial charge in [-0.3, -0.25) is 9.59 Å². The molecule has 2 unspecified atom stereocenters. The molecule has 2 atom stereocenters. The fourth-order valence-corrected chi connectivity index (χ4v) is 2.74. The van der Waals surface area contributed by atoms with Crippen LogP contribution < -0.4 is 16.4 Å². The topological polar surface area (TPSA) is 87.0 Å². The van der Waals surface area contributed by atoms with Crippen LogP contribution in [0.3, 0.4) is 0 Å². The second-order valence-electron chi connectivity index (χ2n) is 5.44. The molecule has 1 aliphatic heterocycles. The Bertz CT molecular complexity index is 750. The first-order valence-corrected chi connectivity index (χ1v) is 7.30. The van der Waals surface area contributed by atoms with E-state index < -0.39 is 11.1 Å². The number of rotatable bonds is 3. The summed E-state index contributed by atoms with van der Waals surface area (Å²) in [5, 5.41) is 3.48. The lowest BCUT2D eigenvalue weighted by atomic mass is 10.0. The Morgan fingerprint density at radius 1 is 1.24 bits per heavy atom. The van der Waals surface area contributed by atoms with Crippen molar-refractivity contribution in [1.82, 2.24) is 9.97 Å². The third-order valence-corrected chi connectivity index (χ3v) is 3.92. The Labute approximate surface area is 121 Å². The van der Waals surface area contributed by atoms with Gasteiger partial charge < -0.3 is 20.0 Å². The quantitative estimate of drug-likeness (QED) is 0.749. The van der Waals surface area contributed by atoms with Gasteiger partial charge in [0.1, 0.15) is 0 Å². The molecule has 21 heavy (non-hydrogen) atoms. The summed E-state index contributed by atoms with van der Waals surface area (Å²) in [6, 6.07) is 5.93. The van der Waals surface area contributed by atoms with Crippen molar-refractivity contribution in [2.45, 2.75) is 38.3 Å². The standard InChI is InChI=1S/C15H19N3O3/c1-2-11-7-10(5-6-21-11)16-9-3-4-12-13(8-9)18-15(20)14(19)17-12/h3-4,8,10-11,16H,2,5-7H2,1H3,(H,17,19)(H,18,20). The first-order valence-electron chi connectivity index (χ1n) is 7.30. The predicted octanol–water partition coefficient (Wildman–Crippen LogP) is 1.59. The molecule has 0 aliphatic carbocycles. The van der Waals surface area contributed by atoms with Crippen LogP contribution in [0.5, 0.6) is 0 Å². The minimum atomic E-state index is -0.628. The summed E-state index contributed by atoms with van der Waals surface area (Å²) in [6.07, 6.45) is 3.28. The maximum Gasteiger partial charge on any atom is 0.314 e. The second kappa shape index (κ2) is 5.73. The van der Waals surface area contributed by atoms with Crippen LogP contribution in [0.25, 0.3) is 11.0 Å². The van der Waals surface area contributed by atoms with Gasteiger partial charge >= 0.3 is 11.1 Å². The number of benzene rings is 1. The second-order valence-corrected chi connectivity index (χ2v) is 5.44. The number of ether oxygens (including phenoxy) is 1. The highest BCUT2D eigenvalue weighted by Crippen LogP contribution is 2.21. The van der Waals surface area contributed by atoms with Crippen molar-refractivity contribution in [2.24, 2.45) is 0 Å². The molecule has 1 aromatic heterocycles. The highest BCUT2D eigenvalue weighted by molar-refractivity contribution is 5.78. The molecule has 2 heterocycles. The van der Waals surface area contributed by atoms with Gasteiger partial charge in [0, 0.05) is 18.3 Å². The first-order chi connectivity index (χ1) is 10.2. The van der Waals surface area contributed by atoms with E-state index in [1.165, 1.54) is 0 Å². The molecular formula is C15H19N3O3. The molecular weight excluding hydrogens is 270 g/mol. The van der Waals surface area contributed by atoms with Crippen LogP contribution in [0.1, 0.15) is 26.2 Å². The fraction of sp³-hybridized carbons (Fsp3) is 0.467. The van der Waals surface area contributed by atoms with E-state index in [1.54, 1.807) is 6.07 Å². The summed E-state index contributed by atoms with van der Waals surface area (Å²) >= 11 is 0. The zero-order valence-corrected chi connectivity index (χ0v) is 11.9. The predicted molar refractivity (Wildman–Crippen MR) is 81.9 cm³/mol. The molecule has 3 rings (SSSR count). The molecule has 0 amide bonds. The summed E-state index contributed by atoms with van der Waals surface area (Å²) in [4.78, 5) is 27.8. The summed E-state index contributed by atoms with van der Waals surface area (Å²) in [5.74, 6) is 0. The van der Waals surface area contributed by atoms with Crippen LogP contribution in [0.2, 0.25) is 0 Å². The average Bonchev–Trinajstić information content (AvgIpc) is 2.49. The lowest BCUT2D eigenvalue weighted by molar-refractivity contribution is 0.00926. The highest BCUT2D eigenvalue weighted by atomic mass is 16.5. The Hall–Kier alpha value is -2.08. The third kappa shape index (κ3) is 3.00. The van der Waals surface area contributed by atoms with Crippen molar-refractivity contribution in [3.63, 3.8) is 0 Å². The minimum Gasteiger partial charge on any atom is -0.382 e. The summed E-state index contributed by atoms with van der Waals surface area (Å²) in [6.45, 7) is 2.90. The number of aromatic nitrogens is 2. The van der Waals surface area contributed by atoms with Gasteiger partial charge in [0.2, 0.25) is 0 Å². The number of hydrogen-bond donors (Lipinski definition) is 3. The van der Waals surface area contributed by atoms with Gasteiger partial charge in [-0.15, -0.1) is 0 Å². The maximum atomic E-state index is 11.4. The van der Waals surface area contributed by atoms with E-state index in [2.05, 4.69) is 22.2 Å². The van der Waals surface area contributed by atoms with E-state index >= 15 is 0 Å². The Morgan fingerprint density at radius 2 is 2.00 bits per heavy atom. The first kappa shape index (κ1) is 13.9. The van der Waals surface area contributed by atoms with E-state index in [0.29, 0.717) is 23.2 Å². The Balaban J connectivity index is 1.82.